The zero-order valence-electron chi connectivity index (χ0n) is 14.5. The van der Waals surface area contributed by atoms with Gasteiger partial charge in [-0.1, -0.05) is 44.2 Å². The highest BCUT2D eigenvalue weighted by Gasteiger charge is 2.09. The van der Waals surface area contributed by atoms with E-state index in [1.165, 1.54) is 0 Å². The van der Waals surface area contributed by atoms with Crippen molar-refractivity contribution in [2.45, 2.75) is 39.2 Å². The molecule has 0 unspecified atom stereocenters. The van der Waals surface area contributed by atoms with Crippen molar-refractivity contribution >= 4 is 17.2 Å². The molecule has 2 aromatic heterocycles. The Labute approximate surface area is 151 Å². The molecular weight excluding hydrogens is 332 g/mol. The van der Waals surface area contributed by atoms with Crippen molar-refractivity contribution in [1.29, 1.82) is 0 Å². The van der Waals surface area contributed by atoms with Crippen molar-refractivity contribution in [2.75, 3.05) is 0 Å². The monoisotopic (exact) mass is 354 g/mol. The fourth-order valence-electron chi connectivity index (χ4n) is 2.45. The molecule has 0 spiro atoms. The molecule has 0 atom stereocenters. The van der Waals surface area contributed by atoms with Gasteiger partial charge in [0.15, 0.2) is 0 Å². The lowest BCUT2D eigenvalue weighted by Gasteiger charge is -2.03. The number of carbonyl (C=O) groups excluding carboxylic acids is 1. The van der Waals surface area contributed by atoms with Crippen LogP contribution in [0.15, 0.2) is 52.3 Å². The highest BCUT2D eigenvalue weighted by Crippen LogP contribution is 2.22. The summed E-state index contributed by atoms with van der Waals surface area (Å²) in [4.78, 5) is 16.6. The molecule has 5 heteroatoms. The Morgan fingerprint density at radius 1 is 1.20 bits per heavy atom. The molecule has 0 bridgehead atoms. The molecule has 0 aliphatic carbocycles. The van der Waals surface area contributed by atoms with Crippen LogP contribution >= 0.6 is 11.3 Å². The second kappa shape index (κ2) is 8.12. The van der Waals surface area contributed by atoms with Gasteiger partial charge in [-0.2, -0.15) is 0 Å². The number of aryl methyl sites for hydroxylation is 1. The molecular formula is C20H22N2O2S. The van der Waals surface area contributed by atoms with E-state index in [4.69, 9.17) is 4.42 Å². The van der Waals surface area contributed by atoms with E-state index >= 15 is 0 Å². The first kappa shape index (κ1) is 17.4. The summed E-state index contributed by atoms with van der Waals surface area (Å²) < 4.78 is 5.82. The van der Waals surface area contributed by atoms with E-state index in [9.17, 15) is 4.79 Å². The summed E-state index contributed by atoms with van der Waals surface area (Å²) in [5.74, 6) is 2.09. The van der Waals surface area contributed by atoms with Crippen LogP contribution in [0.4, 0.5) is 0 Å². The molecule has 0 radical (unpaired) electrons. The van der Waals surface area contributed by atoms with E-state index in [0.717, 1.165) is 27.8 Å². The first-order chi connectivity index (χ1) is 12.1. The van der Waals surface area contributed by atoms with Crippen LogP contribution in [0.2, 0.25) is 0 Å². The number of rotatable bonds is 7. The van der Waals surface area contributed by atoms with E-state index in [0.29, 0.717) is 25.3 Å². The zero-order chi connectivity index (χ0) is 17.6. The summed E-state index contributed by atoms with van der Waals surface area (Å²) in [7, 11) is 0. The predicted octanol–water partition coefficient (Wildman–Crippen LogP) is 4.78. The first-order valence-corrected chi connectivity index (χ1v) is 9.35. The normalized spacial score (nSPS) is 11.0. The molecule has 3 rings (SSSR count). The number of carbonyl (C=O) groups is 1. The molecule has 25 heavy (non-hydrogen) atoms. The molecule has 1 N–H and O–H groups in total. The fourth-order valence-corrected chi connectivity index (χ4v) is 3.29. The van der Waals surface area contributed by atoms with Crippen molar-refractivity contribution in [2.24, 2.45) is 0 Å². The minimum Gasteiger partial charge on any atom is -0.461 e. The lowest BCUT2D eigenvalue weighted by atomic mass is 10.2. The number of amides is 1. The Kier molecular flexibility index (Phi) is 5.66. The summed E-state index contributed by atoms with van der Waals surface area (Å²) in [5.41, 5.74) is 1.97. The number of thiazole rings is 1. The summed E-state index contributed by atoms with van der Waals surface area (Å²) in [5, 5.41) is 6.04. The van der Waals surface area contributed by atoms with Gasteiger partial charge in [-0.15, -0.1) is 11.3 Å². The maximum absolute atomic E-state index is 12.0. The second-order valence-electron chi connectivity index (χ2n) is 6.24. The van der Waals surface area contributed by atoms with Crippen molar-refractivity contribution < 1.29 is 9.21 Å². The van der Waals surface area contributed by atoms with E-state index in [1.54, 1.807) is 11.3 Å². The van der Waals surface area contributed by atoms with E-state index in [1.807, 2.05) is 47.8 Å². The number of nitrogens with zero attached hydrogens (tertiary/aromatic N) is 1. The van der Waals surface area contributed by atoms with Gasteiger partial charge >= 0.3 is 0 Å². The average molecular weight is 354 g/mol. The van der Waals surface area contributed by atoms with Gasteiger partial charge in [0, 0.05) is 29.7 Å². The predicted molar refractivity (Wildman–Crippen MR) is 101 cm³/mol. The third-order valence-electron chi connectivity index (χ3n) is 3.85. The van der Waals surface area contributed by atoms with Crippen LogP contribution in [0.3, 0.4) is 0 Å². The van der Waals surface area contributed by atoms with Gasteiger partial charge in [0.1, 0.15) is 11.5 Å². The van der Waals surface area contributed by atoms with Gasteiger partial charge in [-0.05, 0) is 12.1 Å². The fraction of sp³-hybridized carbons (Fsp3) is 0.300. The van der Waals surface area contributed by atoms with Crippen molar-refractivity contribution in [1.82, 2.24) is 10.3 Å². The number of benzene rings is 1. The minimum absolute atomic E-state index is 0.0109. The third-order valence-corrected chi connectivity index (χ3v) is 5.04. The van der Waals surface area contributed by atoms with Gasteiger partial charge in [-0.25, -0.2) is 4.98 Å². The van der Waals surface area contributed by atoms with Gasteiger partial charge in [0.05, 0.1) is 17.2 Å². The van der Waals surface area contributed by atoms with Crippen LogP contribution in [0.5, 0.6) is 0 Å². The largest absolute Gasteiger partial charge is 0.461 e. The third kappa shape index (κ3) is 4.79. The van der Waals surface area contributed by atoms with Crippen LogP contribution < -0.4 is 5.32 Å². The molecule has 130 valence electrons. The standard InChI is InChI=1S/C20H22N2O2S/c1-14(2)20-22-16(13-25-20)12-21-19(23)11-9-17-8-10-18(24-17)15-6-4-3-5-7-15/h3-8,10,13-14H,9,11-12H2,1-2H3,(H,21,23). The van der Waals surface area contributed by atoms with Crippen LogP contribution in [0, 0.1) is 0 Å². The molecule has 1 aromatic carbocycles. The number of furan rings is 1. The Hall–Kier alpha value is -2.40. The number of aromatic nitrogens is 1. The molecule has 2 heterocycles. The number of nitrogens with one attached hydrogen (secondary N) is 1. The molecule has 0 fully saturated rings. The summed E-state index contributed by atoms with van der Waals surface area (Å²) >= 11 is 1.64. The minimum atomic E-state index is 0.0109. The number of hydrogen-bond acceptors (Lipinski definition) is 4. The van der Waals surface area contributed by atoms with E-state index < -0.39 is 0 Å². The maximum atomic E-state index is 12.0. The first-order valence-electron chi connectivity index (χ1n) is 8.47. The van der Waals surface area contributed by atoms with Gasteiger partial charge in [0.25, 0.3) is 0 Å². The highest BCUT2D eigenvalue weighted by atomic mass is 32.1. The Bertz CT molecular complexity index is 821. The maximum Gasteiger partial charge on any atom is 0.220 e. The molecule has 3 aromatic rings. The van der Waals surface area contributed by atoms with Gasteiger partial charge < -0.3 is 9.73 Å². The Morgan fingerprint density at radius 3 is 2.72 bits per heavy atom. The lowest BCUT2D eigenvalue weighted by Crippen LogP contribution is -2.23. The van der Waals surface area contributed by atoms with Gasteiger partial charge in [0.2, 0.25) is 5.91 Å². The van der Waals surface area contributed by atoms with E-state index in [-0.39, 0.29) is 5.91 Å². The average Bonchev–Trinajstić information content (AvgIpc) is 3.28. The summed E-state index contributed by atoms with van der Waals surface area (Å²) in [6.07, 6.45) is 0.996. The molecule has 0 aliphatic rings. The quantitative estimate of drug-likeness (QED) is 0.664. The zero-order valence-corrected chi connectivity index (χ0v) is 15.3. The second-order valence-corrected chi connectivity index (χ2v) is 7.13. The van der Waals surface area contributed by atoms with Crippen molar-refractivity contribution in [3.63, 3.8) is 0 Å². The van der Waals surface area contributed by atoms with Crippen molar-refractivity contribution in [3.05, 3.63) is 64.3 Å². The highest BCUT2D eigenvalue weighted by molar-refractivity contribution is 7.09. The molecule has 0 aliphatic heterocycles. The van der Waals surface area contributed by atoms with Gasteiger partial charge in [-0.3, -0.25) is 4.79 Å². The Balaban J connectivity index is 1.47. The lowest BCUT2D eigenvalue weighted by molar-refractivity contribution is -0.121. The SMILES string of the molecule is CC(C)c1nc(CNC(=O)CCc2ccc(-c3ccccc3)o2)cs1. The van der Waals surface area contributed by atoms with Crippen LogP contribution in [0.25, 0.3) is 11.3 Å². The molecule has 0 saturated carbocycles. The summed E-state index contributed by atoms with van der Waals surface area (Å²) in [6, 6.07) is 13.8. The topological polar surface area (TPSA) is 55.1 Å². The summed E-state index contributed by atoms with van der Waals surface area (Å²) in [6.45, 7) is 4.72. The number of hydrogen-bond donors (Lipinski definition) is 1. The molecule has 1 amide bonds. The van der Waals surface area contributed by atoms with E-state index in [2.05, 4.69) is 24.1 Å². The van der Waals surface area contributed by atoms with Crippen LogP contribution in [-0.4, -0.2) is 10.9 Å². The molecule has 0 saturated heterocycles. The van der Waals surface area contributed by atoms with Crippen LogP contribution in [0.1, 0.15) is 42.6 Å². The Morgan fingerprint density at radius 2 is 2.00 bits per heavy atom. The van der Waals surface area contributed by atoms with Crippen molar-refractivity contribution in [3.8, 4) is 11.3 Å². The van der Waals surface area contributed by atoms with Crippen LogP contribution in [-0.2, 0) is 17.8 Å². The molecule has 4 nitrogen and oxygen atoms in total. The smallest absolute Gasteiger partial charge is 0.220 e.